The highest BCUT2D eigenvalue weighted by Gasteiger charge is 2.28. The van der Waals surface area contributed by atoms with Gasteiger partial charge in [-0.15, -0.1) is 0 Å². The van der Waals surface area contributed by atoms with Crippen molar-refractivity contribution >= 4 is 6.03 Å². The van der Waals surface area contributed by atoms with Gasteiger partial charge in [-0.25, -0.2) is 4.79 Å². The molecule has 0 saturated carbocycles. The van der Waals surface area contributed by atoms with E-state index >= 15 is 0 Å². The Morgan fingerprint density at radius 3 is 2.26 bits per heavy atom. The Bertz CT molecular complexity index is 398. The van der Waals surface area contributed by atoms with Gasteiger partial charge < -0.3 is 10.6 Å². The van der Waals surface area contributed by atoms with Crippen LogP contribution in [-0.2, 0) is 5.41 Å². The Balaban J connectivity index is 2.61. The van der Waals surface area contributed by atoms with E-state index in [0.29, 0.717) is 12.5 Å². The topological polar surface area (TPSA) is 41.1 Å². The summed E-state index contributed by atoms with van der Waals surface area (Å²) in [6, 6.07) is 10.2. The minimum absolute atomic E-state index is 0.0575. The van der Waals surface area contributed by atoms with Gasteiger partial charge in [-0.3, -0.25) is 0 Å². The van der Waals surface area contributed by atoms with E-state index in [1.54, 1.807) is 0 Å². The van der Waals surface area contributed by atoms with Crippen LogP contribution in [-0.4, -0.2) is 18.6 Å². The van der Waals surface area contributed by atoms with Gasteiger partial charge >= 0.3 is 6.03 Å². The quantitative estimate of drug-likeness (QED) is 0.840. The predicted octanol–water partition coefficient (Wildman–Crippen LogP) is 3.31. The number of hydrogen-bond acceptors (Lipinski definition) is 1. The van der Waals surface area contributed by atoms with Crippen molar-refractivity contribution in [3.63, 3.8) is 0 Å². The lowest BCUT2D eigenvalue weighted by Gasteiger charge is -2.33. The molecule has 1 unspecified atom stereocenters. The number of amides is 2. The van der Waals surface area contributed by atoms with Crippen LogP contribution in [0.1, 0.15) is 40.2 Å². The molecule has 19 heavy (non-hydrogen) atoms. The highest BCUT2D eigenvalue weighted by molar-refractivity contribution is 5.74. The number of benzene rings is 1. The summed E-state index contributed by atoms with van der Waals surface area (Å²) >= 11 is 0. The first kappa shape index (κ1) is 15.5. The van der Waals surface area contributed by atoms with Crippen molar-refractivity contribution in [1.82, 2.24) is 10.6 Å². The molecule has 0 fully saturated rings. The third-order valence-corrected chi connectivity index (χ3v) is 3.62. The standard InChI is InChI=1S/C16H26N2O/c1-12(2)11-17-15(19)18-13(3)16(4,5)14-9-7-6-8-10-14/h6-10,12-13H,11H2,1-5H3,(H2,17,18,19). The van der Waals surface area contributed by atoms with Gasteiger partial charge in [-0.2, -0.15) is 0 Å². The molecule has 1 atom stereocenters. The molecule has 1 rings (SSSR count). The van der Waals surface area contributed by atoms with Crippen LogP contribution in [0.3, 0.4) is 0 Å². The molecule has 0 aliphatic carbocycles. The lowest BCUT2D eigenvalue weighted by molar-refractivity contribution is 0.230. The Kier molecular flexibility index (Phi) is 5.40. The fourth-order valence-electron chi connectivity index (χ4n) is 1.84. The van der Waals surface area contributed by atoms with Crippen molar-refractivity contribution in [2.75, 3.05) is 6.54 Å². The molecule has 0 aliphatic heterocycles. The van der Waals surface area contributed by atoms with Gasteiger partial charge in [0.25, 0.3) is 0 Å². The number of carbonyl (C=O) groups is 1. The third-order valence-electron chi connectivity index (χ3n) is 3.62. The fourth-order valence-corrected chi connectivity index (χ4v) is 1.84. The normalized spacial score (nSPS) is 13.2. The van der Waals surface area contributed by atoms with Crippen LogP contribution >= 0.6 is 0 Å². The van der Waals surface area contributed by atoms with Gasteiger partial charge in [0, 0.05) is 18.0 Å². The molecule has 0 spiro atoms. The van der Waals surface area contributed by atoms with Crippen molar-refractivity contribution in [2.45, 2.75) is 46.1 Å². The van der Waals surface area contributed by atoms with Crippen LogP contribution in [0.2, 0.25) is 0 Å². The second-order valence-corrected chi connectivity index (χ2v) is 6.06. The molecule has 3 nitrogen and oxygen atoms in total. The van der Waals surface area contributed by atoms with Crippen molar-refractivity contribution in [3.05, 3.63) is 35.9 Å². The minimum atomic E-state index is -0.101. The van der Waals surface area contributed by atoms with E-state index < -0.39 is 0 Å². The van der Waals surface area contributed by atoms with Crippen LogP contribution in [0.5, 0.6) is 0 Å². The number of rotatable bonds is 5. The Morgan fingerprint density at radius 1 is 1.16 bits per heavy atom. The van der Waals surface area contributed by atoms with Crippen molar-refractivity contribution < 1.29 is 4.79 Å². The molecule has 1 aromatic rings. The molecule has 3 heteroatoms. The average molecular weight is 262 g/mol. The zero-order valence-electron chi connectivity index (χ0n) is 12.7. The van der Waals surface area contributed by atoms with Crippen molar-refractivity contribution in [3.8, 4) is 0 Å². The molecule has 106 valence electrons. The highest BCUT2D eigenvalue weighted by atomic mass is 16.2. The minimum Gasteiger partial charge on any atom is -0.338 e. The summed E-state index contributed by atoms with van der Waals surface area (Å²) in [6.45, 7) is 11.2. The number of hydrogen-bond donors (Lipinski definition) is 2. The molecular weight excluding hydrogens is 236 g/mol. The van der Waals surface area contributed by atoms with E-state index in [4.69, 9.17) is 0 Å². The van der Waals surface area contributed by atoms with E-state index in [2.05, 4.69) is 50.5 Å². The molecule has 0 aliphatic rings. The van der Waals surface area contributed by atoms with Gasteiger partial charge in [0.15, 0.2) is 0 Å². The fraction of sp³-hybridized carbons (Fsp3) is 0.562. The first-order chi connectivity index (χ1) is 8.84. The molecule has 0 bridgehead atoms. The molecule has 2 amide bonds. The molecule has 0 radical (unpaired) electrons. The first-order valence-electron chi connectivity index (χ1n) is 6.94. The Hall–Kier alpha value is -1.51. The second kappa shape index (κ2) is 6.60. The number of urea groups is 1. The van der Waals surface area contributed by atoms with E-state index in [9.17, 15) is 4.79 Å². The SMILES string of the molecule is CC(C)CNC(=O)NC(C)C(C)(C)c1ccccc1. The zero-order chi connectivity index (χ0) is 14.5. The summed E-state index contributed by atoms with van der Waals surface area (Å²) in [6.07, 6.45) is 0. The van der Waals surface area contributed by atoms with Crippen LogP contribution < -0.4 is 10.6 Å². The molecule has 1 aromatic carbocycles. The van der Waals surface area contributed by atoms with Gasteiger partial charge in [-0.1, -0.05) is 58.0 Å². The summed E-state index contributed by atoms with van der Waals surface area (Å²) in [5, 5.41) is 5.91. The zero-order valence-corrected chi connectivity index (χ0v) is 12.7. The smallest absolute Gasteiger partial charge is 0.315 e. The van der Waals surface area contributed by atoms with Gasteiger partial charge in [0.1, 0.15) is 0 Å². The lowest BCUT2D eigenvalue weighted by atomic mass is 9.78. The van der Waals surface area contributed by atoms with E-state index in [0.717, 1.165) is 0 Å². The molecule has 0 heterocycles. The largest absolute Gasteiger partial charge is 0.338 e. The second-order valence-electron chi connectivity index (χ2n) is 6.06. The highest BCUT2D eigenvalue weighted by Crippen LogP contribution is 2.26. The van der Waals surface area contributed by atoms with Gasteiger partial charge in [0.05, 0.1) is 0 Å². The lowest BCUT2D eigenvalue weighted by Crippen LogP contribution is -2.49. The Morgan fingerprint density at radius 2 is 1.74 bits per heavy atom. The van der Waals surface area contributed by atoms with Gasteiger partial charge in [-0.05, 0) is 18.4 Å². The van der Waals surface area contributed by atoms with Crippen molar-refractivity contribution in [2.24, 2.45) is 5.92 Å². The van der Waals surface area contributed by atoms with Crippen LogP contribution in [0.4, 0.5) is 4.79 Å². The predicted molar refractivity (Wildman–Crippen MR) is 80.3 cm³/mol. The van der Waals surface area contributed by atoms with Crippen molar-refractivity contribution in [1.29, 1.82) is 0 Å². The summed E-state index contributed by atoms with van der Waals surface area (Å²) in [5.74, 6) is 0.461. The molecular formula is C16H26N2O. The summed E-state index contributed by atoms with van der Waals surface area (Å²) < 4.78 is 0. The monoisotopic (exact) mass is 262 g/mol. The van der Waals surface area contributed by atoms with E-state index in [1.165, 1.54) is 5.56 Å². The maximum Gasteiger partial charge on any atom is 0.315 e. The van der Waals surface area contributed by atoms with Gasteiger partial charge in [0.2, 0.25) is 0 Å². The summed E-state index contributed by atoms with van der Waals surface area (Å²) in [5.41, 5.74) is 1.13. The van der Waals surface area contributed by atoms with Crippen LogP contribution in [0, 0.1) is 5.92 Å². The summed E-state index contributed by atoms with van der Waals surface area (Å²) in [4.78, 5) is 11.8. The van der Waals surface area contributed by atoms with E-state index in [1.807, 2.05) is 25.1 Å². The molecule has 0 saturated heterocycles. The van der Waals surface area contributed by atoms with E-state index in [-0.39, 0.29) is 17.5 Å². The third kappa shape index (κ3) is 4.58. The maximum absolute atomic E-state index is 11.8. The number of nitrogens with one attached hydrogen (secondary N) is 2. The average Bonchev–Trinajstić information content (AvgIpc) is 2.37. The maximum atomic E-state index is 11.8. The number of carbonyl (C=O) groups excluding carboxylic acids is 1. The molecule has 2 N–H and O–H groups in total. The first-order valence-corrected chi connectivity index (χ1v) is 6.94. The van der Waals surface area contributed by atoms with Crippen LogP contribution in [0.15, 0.2) is 30.3 Å². The van der Waals surface area contributed by atoms with Crippen LogP contribution in [0.25, 0.3) is 0 Å². The summed E-state index contributed by atoms with van der Waals surface area (Å²) in [7, 11) is 0. The Labute approximate surface area is 116 Å². The molecule has 0 aromatic heterocycles.